The Bertz CT molecular complexity index is 1600. The van der Waals surface area contributed by atoms with Crippen LogP contribution in [0.25, 0.3) is 0 Å². The van der Waals surface area contributed by atoms with Crippen molar-refractivity contribution in [2.45, 2.75) is 173 Å². The van der Waals surface area contributed by atoms with Gasteiger partial charge in [0.05, 0.1) is 18.1 Å². The van der Waals surface area contributed by atoms with Gasteiger partial charge in [-0.2, -0.15) is 0 Å². The van der Waals surface area contributed by atoms with Crippen LogP contribution in [0.5, 0.6) is 0 Å². The average molecular weight is 811 g/mol. The summed E-state index contributed by atoms with van der Waals surface area (Å²) in [6.45, 7) is 15.0. The van der Waals surface area contributed by atoms with Crippen molar-refractivity contribution in [1.29, 1.82) is 0 Å². The molecule has 2 heterocycles. The van der Waals surface area contributed by atoms with Gasteiger partial charge in [0.2, 0.25) is 0 Å². The highest BCUT2D eigenvalue weighted by atomic mass is 16.9. The second-order valence-corrected chi connectivity index (χ2v) is 20.3. The number of hydrogen-bond donors (Lipinski definition) is 9. The highest BCUT2D eigenvalue weighted by molar-refractivity contribution is 5.77. The Labute approximate surface area is 334 Å². The number of hydrogen-bond acceptors (Lipinski definition) is 13. The molecule has 15 heteroatoms. The number of allylic oxidation sites excluding steroid dienone is 2. The first-order valence-corrected chi connectivity index (χ1v) is 21.0. The summed E-state index contributed by atoms with van der Waals surface area (Å²) in [5.41, 5.74) is -0.387. The Morgan fingerprint density at radius 2 is 1.53 bits per heavy atom. The molecule has 0 radical (unpaired) electrons. The van der Waals surface area contributed by atoms with E-state index in [-0.39, 0.29) is 39.9 Å². The Morgan fingerprint density at radius 1 is 0.842 bits per heavy atom. The van der Waals surface area contributed by atoms with E-state index in [1.54, 1.807) is 0 Å². The Hall–Kier alpha value is -1.76. The number of carbonyl (C=O) groups is 2. The van der Waals surface area contributed by atoms with Crippen molar-refractivity contribution in [3.05, 3.63) is 11.6 Å². The number of carboxylic acid groups (broad SMARTS) is 2. The molecule has 15 nitrogen and oxygen atoms in total. The molecule has 324 valence electrons. The molecule has 0 aromatic rings. The van der Waals surface area contributed by atoms with E-state index in [1.807, 2.05) is 0 Å². The van der Waals surface area contributed by atoms with Crippen molar-refractivity contribution in [2.24, 2.45) is 56.7 Å². The van der Waals surface area contributed by atoms with Gasteiger partial charge in [0.15, 0.2) is 18.5 Å². The molecule has 2 aliphatic heterocycles. The maximum atomic E-state index is 13.1. The van der Waals surface area contributed by atoms with Crippen LogP contribution in [-0.4, -0.2) is 132 Å². The zero-order valence-electron chi connectivity index (χ0n) is 34.3. The van der Waals surface area contributed by atoms with Crippen LogP contribution in [0.1, 0.15) is 106 Å². The lowest BCUT2D eigenvalue weighted by atomic mass is 9.33. The second-order valence-electron chi connectivity index (χ2n) is 20.3. The van der Waals surface area contributed by atoms with E-state index in [9.17, 15) is 55.5 Å². The fourth-order valence-corrected chi connectivity index (χ4v) is 13.9. The minimum atomic E-state index is -3.15. The number of carboxylic acids is 2. The number of aliphatic carboxylic acids is 2. The molecule has 7 rings (SSSR count). The zero-order chi connectivity index (χ0) is 42.0. The molecule has 20 unspecified atom stereocenters. The molecule has 0 aromatic carbocycles. The minimum Gasteiger partial charge on any atom is -0.481 e. The van der Waals surface area contributed by atoms with Gasteiger partial charge >= 0.3 is 17.9 Å². The van der Waals surface area contributed by atoms with Crippen molar-refractivity contribution in [3.63, 3.8) is 0 Å². The van der Waals surface area contributed by atoms with Crippen molar-refractivity contribution >= 4 is 11.9 Å². The largest absolute Gasteiger partial charge is 0.481 e. The molecule has 7 aliphatic rings. The van der Waals surface area contributed by atoms with Crippen LogP contribution in [0, 0.1) is 56.7 Å². The number of rotatable bonds is 7. The summed E-state index contributed by atoms with van der Waals surface area (Å²) in [5.74, 6) is -4.30. The Kier molecular flexibility index (Phi) is 11.0. The molecule has 6 fully saturated rings. The number of fused-ring (bicyclic) bond motifs is 7. The molecule has 4 saturated carbocycles. The summed E-state index contributed by atoms with van der Waals surface area (Å²) in [6.07, 6.45) is -8.65. The standard InChI is InChI=1S/C42H66O15/c1-19-10-15-41(36(51)52)17-16-39(6)21(26(41)20(19)2)8-9-24-38(5)13-12-25(37(3,4)23(38)11-14-40(24,39)7)54-35-32(29(46)28(45)31(55-35)34(49)50)57-42(53)33(48)30(47)27(44)22(18-43)56-42/h8,19-20,22-33,35,43-48,53H,9-18H2,1-7H3,(H,49,50)(H,51,52). The molecule has 2 saturated heterocycles. The normalized spacial score (nSPS) is 54.6. The van der Waals surface area contributed by atoms with Gasteiger partial charge in [-0.25, -0.2) is 4.79 Å². The molecular weight excluding hydrogens is 744 g/mol. The van der Waals surface area contributed by atoms with Gasteiger partial charge in [-0.1, -0.05) is 60.1 Å². The maximum Gasteiger partial charge on any atom is 0.335 e. The summed E-state index contributed by atoms with van der Waals surface area (Å²) in [5, 5.41) is 95.2. The van der Waals surface area contributed by atoms with Crippen LogP contribution < -0.4 is 0 Å². The topological polar surface area (TPSA) is 253 Å². The summed E-state index contributed by atoms with van der Waals surface area (Å²) >= 11 is 0. The number of aliphatic hydroxyl groups is 7. The number of aliphatic hydroxyl groups excluding tert-OH is 6. The highest BCUT2D eigenvalue weighted by Crippen LogP contribution is 2.76. The average Bonchev–Trinajstić information content (AvgIpc) is 3.14. The third-order valence-electron chi connectivity index (χ3n) is 17.7. The molecule has 20 atom stereocenters. The van der Waals surface area contributed by atoms with Crippen molar-refractivity contribution in [3.8, 4) is 0 Å². The van der Waals surface area contributed by atoms with Gasteiger partial charge in [-0.05, 0) is 109 Å². The summed E-state index contributed by atoms with van der Waals surface area (Å²) in [7, 11) is 0. The van der Waals surface area contributed by atoms with Gasteiger partial charge in [0.25, 0.3) is 0 Å². The predicted octanol–water partition coefficient (Wildman–Crippen LogP) is 2.15. The summed E-state index contributed by atoms with van der Waals surface area (Å²) in [6, 6.07) is 0. The maximum absolute atomic E-state index is 13.1. The number of ether oxygens (including phenoxy) is 4. The lowest BCUT2D eigenvalue weighted by molar-refractivity contribution is -0.479. The molecule has 0 spiro atoms. The minimum absolute atomic E-state index is 0.00317. The molecular formula is C42H66O15. The van der Waals surface area contributed by atoms with Crippen LogP contribution in [0.2, 0.25) is 0 Å². The van der Waals surface area contributed by atoms with E-state index in [2.05, 4.69) is 54.5 Å². The first-order chi connectivity index (χ1) is 26.4. The third-order valence-corrected chi connectivity index (χ3v) is 17.7. The fraction of sp³-hybridized carbons (Fsp3) is 0.905. The molecule has 9 N–H and O–H groups in total. The monoisotopic (exact) mass is 810 g/mol. The lowest BCUT2D eigenvalue weighted by Gasteiger charge is -2.71. The van der Waals surface area contributed by atoms with E-state index in [1.165, 1.54) is 5.57 Å². The molecule has 0 amide bonds. The Morgan fingerprint density at radius 3 is 2.16 bits per heavy atom. The predicted molar refractivity (Wildman–Crippen MR) is 200 cm³/mol. The van der Waals surface area contributed by atoms with E-state index in [4.69, 9.17) is 18.9 Å². The summed E-state index contributed by atoms with van der Waals surface area (Å²) < 4.78 is 23.3. The highest BCUT2D eigenvalue weighted by Gasteiger charge is 2.70. The van der Waals surface area contributed by atoms with Crippen LogP contribution in [0.15, 0.2) is 11.6 Å². The van der Waals surface area contributed by atoms with E-state index < -0.39 is 96.6 Å². The first kappa shape index (κ1) is 43.3. The van der Waals surface area contributed by atoms with Gasteiger partial charge in [-0.3, -0.25) is 4.79 Å². The molecule has 5 aliphatic carbocycles. The van der Waals surface area contributed by atoms with E-state index >= 15 is 0 Å². The van der Waals surface area contributed by atoms with Gasteiger partial charge in [-0.15, -0.1) is 0 Å². The zero-order valence-corrected chi connectivity index (χ0v) is 34.3. The van der Waals surface area contributed by atoms with E-state index in [0.717, 1.165) is 38.5 Å². The van der Waals surface area contributed by atoms with Gasteiger partial charge in [0, 0.05) is 0 Å². The van der Waals surface area contributed by atoms with Crippen LogP contribution in [0.3, 0.4) is 0 Å². The molecule has 0 bridgehead atoms. The summed E-state index contributed by atoms with van der Waals surface area (Å²) in [4.78, 5) is 25.3. The van der Waals surface area contributed by atoms with Gasteiger partial charge in [0.1, 0.15) is 36.6 Å². The van der Waals surface area contributed by atoms with Crippen molar-refractivity contribution in [2.75, 3.05) is 6.61 Å². The van der Waals surface area contributed by atoms with Crippen LogP contribution in [-0.2, 0) is 28.5 Å². The second kappa shape index (κ2) is 14.4. The third kappa shape index (κ3) is 6.14. The van der Waals surface area contributed by atoms with Crippen LogP contribution in [0.4, 0.5) is 0 Å². The van der Waals surface area contributed by atoms with Crippen LogP contribution >= 0.6 is 0 Å². The quantitative estimate of drug-likeness (QED) is 0.102. The lowest BCUT2D eigenvalue weighted by Crippen LogP contribution is -2.70. The fourth-order valence-electron chi connectivity index (χ4n) is 13.9. The SMILES string of the molecule is CC1CCC2(C(=O)O)CCC3(C)C(=CCC4C5(C)CCC(OC6OC(C(=O)O)C(O)C(O)C6OC6(O)OC(CO)C(O)C(O)C6O)C(C)(C)C5CCC43C)C2C1C. The Balaban J connectivity index is 1.17. The van der Waals surface area contributed by atoms with Gasteiger partial charge < -0.3 is 64.9 Å². The molecule has 0 aromatic heterocycles. The smallest absolute Gasteiger partial charge is 0.335 e. The van der Waals surface area contributed by atoms with E-state index in [0.29, 0.717) is 25.2 Å². The molecule has 57 heavy (non-hydrogen) atoms. The van der Waals surface area contributed by atoms with Crippen molar-refractivity contribution in [1.82, 2.24) is 0 Å². The first-order valence-electron chi connectivity index (χ1n) is 21.0. The van der Waals surface area contributed by atoms with Crippen molar-refractivity contribution < 1.29 is 74.5 Å².